The number of imidazole rings is 1. The number of nitrogens with zero attached hydrogens (tertiary/aromatic N) is 2. The van der Waals surface area contributed by atoms with Crippen LogP contribution in [0.3, 0.4) is 0 Å². The largest absolute Gasteiger partial charge is 0.326 e. The summed E-state index contributed by atoms with van der Waals surface area (Å²) in [6.07, 6.45) is 6.85. The average molecular weight is 271 g/mol. The first-order chi connectivity index (χ1) is 9.60. The van der Waals surface area contributed by atoms with Crippen LogP contribution >= 0.6 is 0 Å². The number of benzene rings is 1. The smallest absolute Gasteiger partial charge is 0.0961 e. The second-order valence-electron chi connectivity index (χ2n) is 6.40. The maximum absolute atomic E-state index is 6.40. The lowest BCUT2D eigenvalue weighted by Crippen LogP contribution is -2.37. The van der Waals surface area contributed by atoms with Gasteiger partial charge in [-0.05, 0) is 62.3 Å². The Kier molecular flexibility index (Phi) is 3.55. The first-order valence-corrected chi connectivity index (χ1v) is 7.79. The first kappa shape index (κ1) is 13.6. The summed E-state index contributed by atoms with van der Waals surface area (Å²) < 4.78 is 2.33. The van der Waals surface area contributed by atoms with E-state index in [1.165, 1.54) is 35.9 Å². The second-order valence-corrected chi connectivity index (χ2v) is 6.40. The Balaban J connectivity index is 2.02. The molecule has 2 N–H and O–H groups in total. The van der Waals surface area contributed by atoms with Gasteiger partial charge in [0.2, 0.25) is 0 Å². The molecule has 0 radical (unpaired) electrons. The van der Waals surface area contributed by atoms with Crippen molar-refractivity contribution >= 4 is 11.0 Å². The molecule has 0 saturated heterocycles. The van der Waals surface area contributed by atoms with Gasteiger partial charge >= 0.3 is 0 Å². The van der Waals surface area contributed by atoms with Crippen molar-refractivity contribution in [3.8, 4) is 0 Å². The molecule has 20 heavy (non-hydrogen) atoms. The number of fused-ring (bicyclic) bond motifs is 1. The SMILES string of the molecule is CCC1CCC(N)C(n2cnc3cc(C)c(C)cc32)C1. The Bertz CT molecular complexity index is 614. The molecule has 0 bridgehead atoms. The highest BCUT2D eigenvalue weighted by atomic mass is 15.1. The number of rotatable bonds is 2. The topological polar surface area (TPSA) is 43.8 Å². The van der Waals surface area contributed by atoms with Crippen molar-refractivity contribution in [1.82, 2.24) is 9.55 Å². The van der Waals surface area contributed by atoms with E-state index in [0.29, 0.717) is 6.04 Å². The van der Waals surface area contributed by atoms with Gasteiger partial charge in [0, 0.05) is 6.04 Å². The molecular weight excluding hydrogens is 246 g/mol. The van der Waals surface area contributed by atoms with Gasteiger partial charge in [0.1, 0.15) is 0 Å². The van der Waals surface area contributed by atoms with E-state index in [9.17, 15) is 0 Å². The zero-order valence-corrected chi connectivity index (χ0v) is 12.8. The summed E-state index contributed by atoms with van der Waals surface area (Å²) in [4.78, 5) is 4.59. The maximum atomic E-state index is 6.40. The van der Waals surface area contributed by atoms with Gasteiger partial charge in [0.15, 0.2) is 0 Å². The molecule has 0 amide bonds. The molecule has 0 spiro atoms. The van der Waals surface area contributed by atoms with E-state index in [2.05, 4.69) is 42.5 Å². The van der Waals surface area contributed by atoms with Gasteiger partial charge in [-0.25, -0.2) is 4.98 Å². The minimum absolute atomic E-state index is 0.261. The fraction of sp³-hybridized carbons (Fsp3) is 0.588. The summed E-state index contributed by atoms with van der Waals surface area (Å²) in [6, 6.07) is 5.12. The molecule has 3 atom stereocenters. The first-order valence-electron chi connectivity index (χ1n) is 7.79. The Morgan fingerprint density at radius 3 is 2.75 bits per heavy atom. The molecule has 3 rings (SSSR count). The van der Waals surface area contributed by atoms with Crippen LogP contribution in [0.1, 0.15) is 49.8 Å². The van der Waals surface area contributed by atoms with E-state index in [1.807, 2.05) is 6.33 Å². The predicted octanol–water partition coefficient (Wildman–Crippen LogP) is 3.73. The Morgan fingerprint density at radius 2 is 2.00 bits per heavy atom. The van der Waals surface area contributed by atoms with Crippen LogP contribution in [-0.4, -0.2) is 15.6 Å². The number of hydrogen-bond acceptors (Lipinski definition) is 2. The highest BCUT2D eigenvalue weighted by molar-refractivity contribution is 5.77. The molecule has 3 unspecified atom stereocenters. The van der Waals surface area contributed by atoms with E-state index in [1.54, 1.807) is 0 Å². The summed E-state index contributed by atoms with van der Waals surface area (Å²) in [7, 11) is 0. The summed E-state index contributed by atoms with van der Waals surface area (Å²) in [5.74, 6) is 0.809. The molecule has 1 aromatic carbocycles. The molecule has 2 aromatic rings. The van der Waals surface area contributed by atoms with Crippen LogP contribution in [0.15, 0.2) is 18.5 Å². The van der Waals surface area contributed by atoms with Crippen LogP contribution in [-0.2, 0) is 0 Å². The van der Waals surface area contributed by atoms with Gasteiger partial charge in [-0.3, -0.25) is 0 Å². The second kappa shape index (κ2) is 5.21. The van der Waals surface area contributed by atoms with Crippen LogP contribution in [0.5, 0.6) is 0 Å². The lowest BCUT2D eigenvalue weighted by Gasteiger charge is -2.35. The van der Waals surface area contributed by atoms with Crippen molar-refractivity contribution in [2.75, 3.05) is 0 Å². The molecule has 108 valence electrons. The quantitative estimate of drug-likeness (QED) is 0.904. The fourth-order valence-corrected chi connectivity index (χ4v) is 3.49. The maximum Gasteiger partial charge on any atom is 0.0961 e. The van der Waals surface area contributed by atoms with E-state index in [4.69, 9.17) is 5.73 Å². The van der Waals surface area contributed by atoms with Crippen molar-refractivity contribution in [2.45, 2.75) is 58.5 Å². The zero-order valence-electron chi connectivity index (χ0n) is 12.8. The monoisotopic (exact) mass is 271 g/mol. The van der Waals surface area contributed by atoms with Crippen molar-refractivity contribution in [2.24, 2.45) is 11.7 Å². The molecule has 1 heterocycles. The van der Waals surface area contributed by atoms with Gasteiger partial charge in [0.05, 0.1) is 23.4 Å². The number of aryl methyl sites for hydroxylation is 2. The summed E-state index contributed by atoms with van der Waals surface area (Å²) in [5.41, 5.74) is 11.4. The zero-order chi connectivity index (χ0) is 14.3. The van der Waals surface area contributed by atoms with Crippen LogP contribution in [0.2, 0.25) is 0 Å². The van der Waals surface area contributed by atoms with E-state index >= 15 is 0 Å². The van der Waals surface area contributed by atoms with Crippen molar-refractivity contribution in [3.63, 3.8) is 0 Å². The summed E-state index contributed by atoms with van der Waals surface area (Å²) >= 11 is 0. The molecule has 1 saturated carbocycles. The Hall–Kier alpha value is -1.35. The third-order valence-electron chi connectivity index (χ3n) is 5.10. The van der Waals surface area contributed by atoms with Crippen LogP contribution in [0.25, 0.3) is 11.0 Å². The molecule has 1 aliphatic carbocycles. The Morgan fingerprint density at radius 1 is 1.25 bits per heavy atom. The molecule has 3 nitrogen and oxygen atoms in total. The lowest BCUT2D eigenvalue weighted by molar-refractivity contribution is 0.233. The standard InChI is InChI=1S/C17H25N3/c1-4-13-5-6-14(18)16(9-13)20-10-19-15-7-11(2)12(3)8-17(15)20/h7-8,10,13-14,16H,4-6,9,18H2,1-3H3. The summed E-state index contributed by atoms with van der Waals surface area (Å²) in [6.45, 7) is 6.60. The molecule has 1 fully saturated rings. The van der Waals surface area contributed by atoms with E-state index < -0.39 is 0 Å². The van der Waals surface area contributed by atoms with Gasteiger partial charge in [0.25, 0.3) is 0 Å². The summed E-state index contributed by atoms with van der Waals surface area (Å²) in [5, 5.41) is 0. The predicted molar refractivity (Wildman–Crippen MR) is 83.9 cm³/mol. The average Bonchev–Trinajstić information content (AvgIpc) is 2.83. The molecule has 1 aromatic heterocycles. The molecule has 3 heteroatoms. The normalized spacial score (nSPS) is 27.1. The van der Waals surface area contributed by atoms with Crippen LogP contribution in [0.4, 0.5) is 0 Å². The van der Waals surface area contributed by atoms with Crippen molar-refractivity contribution in [3.05, 3.63) is 29.6 Å². The lowest BCUT2D eigenvalue weighted by atomic mass is 9.81. The van der Waals surface area contributed by atoms with Crippen molar-refractivity contribution in [1.29, 1.82) is 0 Å². The van der Waals surface area contributed by atoms with Crippen molar-refractivity contribution < 1.29 is 0 Å². The van der Waals surface area contributed by atoms with Crippen LogP contribution < -0.4 is 5.73 Å². The third-order valence-corrected chi connectivity index (χ3v) is 5.10. The van der Waals surface area contributed by atoms with Gasteiger partial charge in [-0.1, -0.05) is 13.3 Å². The molecule has 1 aliphatic rings. The van der Waals surface area contributed by atoms with E-state index in [-0.39, 0.29) is 6.04 Å². The minimum Gasteiger partial charge on any atom is -0.326 e. The highest BCUT2D eigenvalue weighted by Crippen LogP contribution is 2.35. The number of nitrogens with two attached hydrogens (primary N) is 1. The fourth-order valence-electron chi connectivity index (χ4n) is 3.49. The van der Waals surface area contributed by atoms with Gasteiger partial charge < -0.3 is 10.3 Å². The minimum atomic E-state index is 0.261. The number of hydrogen-bond donors (Lipinski definition) is 1. The van der Waals surface area contributed by atoms with Gasteiger partial charge in [-0.15, -0.1) is 0 Å². The Labute approximate surface area is 121 Å². The highest BCUT2D eigenvalue weighted by Gasteiger charge is 2.29. The molecular formula is C17H25N3. The molecule has 0 aliphatic heterocycles. The van der Waals surface area contributed by atoms with E-state index in [0.717, 1.165) is 17.9 Å². The third kappa shape index (κ3) is 2.24. The number of aromatic nitrogens is 2. The van der Waals surface area contributed by atoms with Crippen LogP contribution in [0, 0.1) is 19.8 Å². The van der Waals surface area contributed by atoms with Gasteiger partial charge in [-0.2, -0.15) is 0 Å².